The molecule has 7 heteroatoms. The van der Waals surface area contributed by atoms with Gasteiger partial charge in [0.15, 0.2) is 5.16 Å². The molecule has 0 bridgehead atoms. The molecule has 0 amide bonds. The molecule has 1 saturated carbocycles. The Hall–Kier alpha value is -1.53. The molecular weight excluding hydrogens is 346 g/mol. The van der Waals surface area contributed by atoms with Gasteiger partial charge in [0.25, 0.3) is 0 Å². The van der Waals surface area contributed by atoms with E-state index in [1.807, 2.05) is 28.8 Å². The second-order valence-electron chi connectivity index (χ2n) is 6.09. The largest absolute Gasteiger partial charge is 0.480 e. The summed E-state index contributed by atoms with van der Waals surface area (Å²) in [4.78, 5) is 11.2. The molecule has 3 rings (SSSR count). The Kier molecular flexibility index (Phi) is 5.46. The van der Waals surface area contributed by atoms with Gasteiger partial charge in [0, 0.05) is 10.9 Å². The Morgan fingerprint density at radius 1 is 1.33 bits per heavy atom. The maximum Gasteiger partial charge on any atom is 0.316 e. The molecular formula is C17H20ClN3O2S. The van der Waals surface area contributed by atoms with Gasteiger partial charge < -0.3 is 5.11 Å². The number of hydrogen-bond donors (Lipinski definition) is 1. The monoisotopic (exact) mass is 365 g/mol. The molecule has 5 nitrogen and oxygen atoms in total. The van der Waals surface area contributed by atoms with E-state index in [9.17, 15) is 9.90 Å². The van der Waals surface area contributed by atoms with Gasteiger partial charge in [-0.3, -0.25) is 9.36 Å². The summed E-state index contributed by atoms with van der Waals surface area (Å²) in [7, 11) is 0. The topological polar surface area (TPSA) is 68.0 Å². The molecule has 2 aromatic rings. The van der Waals surface area contributed by atoms with Crippen LogP contribution in [0.1, 0.15) is 50.8 Å². The van der Waals surface area contributed by atoms with E-state index in [2.05, 4.69) is 10.2 Å². The number of rotatable bonds is 5. The molecule has 1 heterocycles. The number of carbonyl (C=O) groups is 1. The SMILES string of the molecule is C[C@@H](Sc1nnc(C2CCCCC2)n1-c1cccc(Cl)c1)C(=O)O. The number of carboxylic acid groups (broad SMARTS) is 1. The highest BCUT2D eigenvalue weighted by Crippen LogP contribution is 2.36. The maximum absolute atomic E-state index is 11.2. The van der Waals surface area contributed by atoms with Crippen LogP contribution >= 0.6 is 23.4 Å². The summed E-state index contributed by atoms with van der Waals surface area (Å²) >= 11 is 7.36. The second kappa shape index (κ2) is 7.57. The Bertz CT molecular complexity index is 728. The minimum atomic E-state index is -0.861. The van der Waals surface area contributed by atoms with Crippen molar-refractivity contribution in [2.75, 3.05) is 0 Å². The smallest absolute Gasteiger partial charge is 0.316 e. The summed E-state index contributed by atoms with van der Waals surface area (Å²) in [5.41, 5.74) is 0.883. The first-order chi connectivity index (χ1) is 11.6. The minimum absolute atomic E-state index is 0.361. The van der Waals surface area contributed by atoms with Gasteiger partial charge in [-0.05, 0) is 38.0 Å². The normalized spacial score (nSPS) is 16.9. The van der Waals surface area contributed by atoms with Gasteiger partial charge in [-0.1, -0.05) is 48.7 Å². The van der Waals surface area contributed by atoms with Crippen LogP contribution in [0.5, 0.6) is 0 Å². The zero-order valence-corrected chi connectivity index (χ0v) is 15.1. The van der Waals surface area contributed by atoms with Crippen molar-refractivity contribution in [1.82, 2.24) is 14.8 Å². The standard InChI is InChI=1S/C17H20ClN3O2S/c1-11(16(22)23)24-17-20-19-15(12-6-3-2-4-7-12)21(17)14-9-5-8-13(18)10-14/h5,8-12H,2-4,6-7H2,1H3,(H,22,23)/t11-/m1/s1. The second-order valence-corrected chi connectivity index (χ2v) is 7.83. The van der Waals surface area contributed by atoms with Gasteiger partial charge in [0.05, 0.1) is 5.69 Å². The van der Waals surface area contributed by atoms with Crippen LogP contribution in [-0.4, -0.2) is 31.1 Å². The molecule has 0 aliphatic heterocycles. The predicted octanol–water partition coefficient (Wildman–Crippen LogP) is 4.53. The third-order valence-electron chi connectivity index (χ3n) is 4.33. The zero-order valence-electron chi connectivity index (χ0n) is 13.5. The van der Waals surface area contributed by atoms with Crippen LogP contribution in [0.3, 0.4) is 0 Å². The van der Waals surface area contributed by atoms with Crippen LogP contribution in [0, 0.1) is 0 Å². The number of nitrogens with zero attached hydrogens (tertiary/aromatic N) is 3. The van der Waals surface area contributed by atoms with E-state index in [4.69, 9.17) is 11.6 Å². The van der Waals surface area contributed by atoms with Crippen molar-refractivity contribution in [3.8, 4) is 5.69 Å². The quantitative estimate of drug-likeness (QED) is 0.788. The lowest BCUT2D eigenvalue weighted by atomic mass is 9.88. The van der Waals surface area contributed by atoms with Crippen molar-refractivity contribution in [2.24, 2.45) is 0 Å². The van der Waals surface area contributed by atoms with E-state index in [-0.39, 0.29) is 0 Å². The fourth-order valence-corrected chi connectivity index (χ4v) is 4.04. The van der Waals surface area contributed by atoms with Crippen molar-refractivity contribution in [2.45, 2.75) is 55.4 Å². The number of hydrogen-bond acceptors (Lipinski definition) is 4. The molecule has 1 N–H and O–H groups in total. The molecule has 24 heavy (non-hydrogen) atoms. The summed E-state index contributed by atoms with van der Waals surface area (Å²) in [5.74, 6) is 0.414. The molecule has 1 fully saturated rings. The van der Waals surface area contributed by atoms with Crippen molar-refractivity contribution in [3.63, 3.8) is 0 Å². The zero-order chi connectivity index (χ0) is 17.1. The number of aliphatic carboxylic acids is 1. The summed E-state index contributed by atoms with van der Waals surface area (Å²) in [6.45, 7) is 1.66. The molecule has 1 aromatic carbocycles. The van der Waals surface area contributed by atoms with Crippen LogP contribution in [0.2, 0.25) is 5.02 Å². The van der Waals surface area contributed by atoms with Crippen LogP contribution < -0.4 is 0 Å². The first-order valence-electron chi connectivity index (χ1n) is 8.17. The van der Waals surface area contributed by atoms with Crippen molar-refractivity contribution < 1.29 is 9.90 Å². The van der Waals surface area contributed by atoms with Gasteiger partial charge in [-0.25, -0.2) is 0 Å². The third-order valence-corrected chi connectivity index (χ3v) is 5.59. The number of aromatic nitrogens is 3. The van der Waals surface area contributed by atoms with Gasteiger partial charge in [-0.2, -0.15) is 0 Å². The van der Waals surface area contributed by atoms with Gasteiger partial charge in [0.2, 0.25) is 0 Å². The first-order valence-corrected chi connectivity index (χ1v) is 9.42. The molecule has 0 radical (unpaired) electrons. The van der Waals surface area contributed by atoms with Crippen LogP contribution in [0.25, 0.3) is 5.69 Å². The predicted molar refractivity (Wildman–Crippen MR) is 95.1 cm³/mol. The van der Waals surface area contributed by atoms with Crippen LogP contribution in [0.4, 0.5) is 0 Å². The first kappa shape index (κ1) is 17.3. The van der Waals surface area contributed by atoms with Crippen LogP contribution in [0.15, 0.2) is 29.4 Å². The highest BCUT2D eigenvalue weighted by molar-refractivity contribution is 8.00. The van der Waals surface area contributed by atoms with E-state index in [1.54, 1.807) is 6.92 Å². The van der Waals surface area contributed by atoms with Crippen molar-refractivity contribution in [3.05, 3.63) is 35.1 Å². The van der Waals surface area contributed by atoms with Crippen molar-refractivity contribution in [1.29, 1.82) is 0 Å². The highest BCUT2D eigenvalue weighted by Gasteiger charge is 2.26. The molecule has 1 aliphatic rings. The molecule has 1 aromatic heterocycles. The average molecular weight is 366 g/mol. The van der Waals surface area contributed by atoms with Gasteiger partial charge in [0.1, 0.15) is 11.1 Å². The number of thioether (sulfide) groups is 1. The summed E-state index contributed by atoms with van der Waals surface area (Å²) < 4.78 is 1.98. The Balaban J connectivity index is 2.02. The Labute approximate surface area is 150 Å². The Morgan fingerprint density at radius 3 is 2.75 bits per heavy atom. The van der Waals surface area contributed by atoms with Gasteiger partial charge >= 0.3 is 5.97 Å². The van der Waals surface area contributed by atoms with Gasteiger partial charge in [-0.15, -0.1) is 10.2 Å². The third kappa shape index (κ3) is 3.75. The molecule has 128 valence electrons. The van der Waals surface area contributed by atoms with Crippen LogP contribution in [-0.2, 0) is 4.79 Å². The van der Waals surface area contributed by atoms with E-state index in [0.717, 1.165) is 24.4 Å². The lowest BCUT2D eigenvalue weighted by Gasteiger charge is -2.22. The molecule has 0 saturated heterocycles. The number of carboxylic acids is 1. The summed E-state index contributed by atoms with van der Waals surface area (Å²) in [6.07, 6.45) is 5.84. The van der Waals surface area contributed by atoms with E-state index < -0.39 is 11.2 Å². The van der Waals surface area contributed by atoms with E-state index in [0.29, 0.717) is 16.1 Å². The highest BCUT2D eigenvalue weighted by atomic mass is 35.5. The Morgan fingerprint density at radius 2 is 2.08 bits per heavy atom. The number of benzene rings is 1. The lowest BCUT2D eigenvalue weighted by Crippen LogP contribution is -2.14. The fourth-order valence-electron chi connectivity index (χ4n) is 3.05. The van der Waals surface area contributed by atoms with Crippen molar-refractivity contribution >= 4 is 29.3 Å². The molecule has 1 aliphatic carbocycles. The molecule has 0 spiro atoms. The number of halogens is 1. The average Bonchev–Trinajstić information content (AvgIpc) is 2.99. The van der Waals surface area contributed by atoms with E-state index >= 15 is 0 Å². The molecule has 1 atom stereocenters. The lowest BCUT2D eigenvalue weighted by molar-refractivity contribution is -0.136. The fraction of sp³-hybridized carbons (Fsp3) is 0.471. The summed E-state index contributed by atoms with van der Waals surface area (Å²) in [5, 5.41) is 18.6. The molecule has 0 unspecified atom stereocenters. The van der Waals surface area contributed by atoms with E-state index in [1.165, 1.54) is 31.0 Å². The minimum Gasteiger partial charge on any atom is -0.480 e. The summed E-state index contributed by atoms with van der Waals surface area (Å²) in [6, 6.07) is 7.53. The maximum atomic E-state index is 11.2.